The summed E-state index contributed by atoms with van der Waals surface area (Å²) in [5, 5.41) is 3.16. The van der Waals surface area contributed by atoms with Crippen molar-refractivity contribution >= 4 is 17.5 Å². The third-order valence-corrected chi connectivity index (χ3v) is 6.20. The van der Waals surface area contributed by atoms with Gasteiger partial charge in [0, 0.05) is 24.2 Å². The highest BCUT2D eigenvalue weighted by atomic mass is 16.5. The lowest BCUT2D eigenvalue weighted by Gasteiger charge is -2.32. The molecule has 4 rings (SSSR count). The molecule has 2 amide bonds. The Morgan fingerprint density at radius 2 is 1.54 bits per heavy atom. The minimum atomic E-state index is -0.976. The monoisotopic (exact) mass is 478 g/mol. The Labute approximate surface area is 204 Å². The van der Waals surface area contributed by atoms with E-state index in [0.29, 0.717) is 28.5 Å². The third-order valence-electron chi connectivity index (χ3n) is 6.20. The van der Waals surface area contributed by atoms with Crippen LogP contribution in [0.15, 0.2) is 65.3 Å². The number of ether oxygens (including phenoxy) is 3. The van der Waals surface area contributed by atoms with Crippen molar-refractivity contribution in [1.29, 1.82) is 0 Å². The molecule has 0 radical (unpaired) electrons. The van der Waals surface area contributed by atoms with E-state index in [4.69, 9.17) is 18.6 Å². The molecule has 1 atom stereocenters. The van der Waals surface area contributed by atoms with Gasteiger partial charge in [-0.05, 0) is 42.7 Å². The zero-order chi connectivity index (χ0) is 24.8. The molecule has 8 heteroatoms. The van der Waals surface area contributed by atoms with E-state index < -0.39 is 11.9 Å². The van der Waals surface area contributed by atoms with Gasteiger partial charge in [-0.25, -0.2) is 0 Å². The van der Waals surface area contributed by atoms with Gasteiger partial charge in [0.2, 0.25) is 5.91 Å². The van der Waals surface area contributed by atoms with Gasteiger partial charge in [0.05, 0.1) is 33.3 Å². The van der Waals surface area contributed by atoms with Gasteiger partial charge < -0.3 is 23.9 Å². The van der Waals surface area contributed by atoms with Crippen molar-refractivity contribution < 1.29 is 28.2 Å². The van der Waals surface area contributed by atoms with Crippen molar-refractivity contribution in [2.75, 3.05) is 26.2 Å². The fourth-order valence-electron chi connectivity index (χ4n) is 4.39. The van der Waals surface area contributed by atoms with Crippen LogP contribution in [-0.4, -0.2) is 39.2 Å². The maximum absolute atomic E-state index is 13.8. The summed E-state index contributed by atoms with van der Waals surface area (Å²) < 4.78 is 21.6. The van der Waals surface area contributed by atoms with Crippen molar-refractivity contribution in [2.24, 2.45) is 0 Å². The Morgan fingerprint density at radius 3 is 2.09 bits per heavy atom. The van der Waals surface area contributed by atoms with Gasteiger partial charge in [0.25, 0.3) is 5.91 Å². The van der Waals surface area contributed by atoms with Gasteiger partial charge in [0.15, 0.2) is 5.76 Å². The average Bonchev–Trinajstić information content (AvgIpc) is 3.61. The molecule has 35 heavy (non-hydrogen) atoms. The fraction of sp³-hybridized carbons (Fsp3) is 0.333. The number of hydrogen-bond donors (Lipinski definition) is 1. The molecule has 0 saturated heterocycles. The van der Waals surface area contributed by atoms with Gasteiger partial charge in [0.1, 0.15) is 23.3 Å². The molecule has 2 aromatic carbocycles. The normalized spacial score (nSPS) is 14.3. The van der Waals surface area contributed by atoms with Gasteiger partial charge in [-0.3, -0.25) is 14.5 Å². The predicted octanol–water partition coefficient (Wildman–Crippen LogP) is 4.75. The van der Waals surface area contributed by atoms with E-state index >= 15 is 0 Å². The zero-order valence-electron chi connectivity index (χ0n) is 20.2. The van der Waals surface area contributed by atoms with E-state index in [1.807, 2.05) is 0 Å². The summed E-state index contributed by atoms with van der Waals surface area (Å²) in [5.41, 5.74) is 1.06. The molecule has 1 aromatic heterocycles. The maximum Gasteiger partial charge on any atom is 0.294 e. The highest BCUT2D eigenvalue weighted by Gasteiger charge is 2.36. The molecule has 1 aliphatic carbocycles. The van der Waals surface area contributed by atoms with Crippen molar-refractivity contribution in [3.8, 4) is 17.2 Å². The van der Waals surface area contributed by atoms with Gasteiger partial charge in [-0.2, -0.15) is 0 Å². The summed E-state index contributed by atoms with van der Waals surface area (Å²) in [6, 6.07) is 14.5. The molecule has 1 N–H and O–H groups in total. The van der Waals surface area contributed by atoms with Crippen LogP contribution in [0, 0.1) is 0 Å². The van der Waals surface area contributed by atoms with Crippen LogP contribution in [0.5, 0.6) is 17.2 Å². The van der Waals surface area contributed by atoms with E-state index in [1.165, 1.54) is 25.4 Å². The smallest absolute Gasteiger partial charge is 0.294 e. The molecule has 8 nitrogen and oxygen atoms in total. The molecule has 0 aliphatic heterocycles. The minimum absolute atomic E-state index is 0.0728. The number of methoxy groups -OCH3 is 3. The standard InChI is InChI=1S/C27H30N2O6/c1-32-21-12-10-18(11-13-21)25(26(30)28-19-7-4-5-8-19)29(27(31)24-9-6-14-35-24)20-15-22(33-2)17-23(16-20)34-3/h6,9-17,19,25H,4-5,7-8H2,1-3H3,(H,28,30)/t25-/m1/s1. The molecule has 0 bridgehead atoms. The lowest BCUT2D eigenvalue weighted by molar-refractivity contribution is -0.123. The van der Waals surface area contributed by atoms with Crippen LogP contribution < -0.4 is 24.4 Å². The maximum atomic E-state index is 13.8. The molecule has 1 fully saturated rings. The Bertz CT molecular complexity index is 1110. The number of carbonyl (C=O) groups excluding carboxylic acids is 2. The van der Waals surface area contributed by atoms with Crippen LogP contribution >= 0.6 is 0 Å². The summed E-state index contributed by atoms with van der Waals surface area (Å²) in [5.74, 6) is 0.994. The van der Waals surface area contributed by atoms with E-state index in [0.717, 1.165) is 25.7 Å². The van der Waals surface area contributed by atoms with Crippen molar-refractivity contribution in [3.05, 3.63) is 72.2 Å². The molecule has 0 unspecified atom stereocenters. The number of amides is 2. The van der Waals surface area contributed by atoms with Crippen LogP contribution in [0.2, 0.25) is 0 Å². The number of nitrogens with zero attached hydrogens (tertiary/aromatic N) is 1. The van der Waals surface area contributed by atoms with Gasteiger partial charge >= 0.3 is 0 Å². The van der Waals surface area contributed by atoms with E-state index in [2.05, 4.69) is 5.32 Å². The van der Waals surface area contributed by atoms with Gasteiger partial charge in [-0.1, -0.05) is 25.0 Å². The van der Waals surface area contributed by atoms with Gasteiger partial charge in [-0.15, -0.1) is 0 Å². The summed E-state index contributed by atoms with van der Waals surface area (Å²) in [7, 11) is 4.64. The number of nitrogens with one attached hydrogen (secondary N) is 1. The summed E-state index contributed by atoms with van der Waals surface area (Å²) in [6.07, 6.45) is 5.40. The predicted molar refractivity (Wildman–Crippen MR) is 131 cm³/mol. The number of rotatable bonds is 9. The Balaban J connectivity index is 1.85. The largest absolute Gasteiger partial charge is 0.497 e. The van der Waals surface area contributed by atoms with Crippen LogP contribution in [0.25, 0.3) is 0 Å². The molecule has 184 valence electrons. The molecule has 0 spiro atoms. The van der Waals surface area contributed by atoms with Crippen molar-refractivity contribution in [3.63, 3.8) is 0 Å². The molecule has 1 heterocycles. The molecule has 3 aromatic rings. The average molecular weight is 479 g/mol. The fourth-order valence-corrected chi connectivity index (χ4v) is 4.39. The molecule has 1 saturated carbocycles. The number of benzene rings is 2. The number of hydrogen-bond acceptors (Lipinski definition) is 6. The highest BCUT2D eigenvalue weighted by molar-refractivity contribution is 6.09. The zero-order valence-corrected chi connectivity index (χ0v) is 20.2. The molecule has 1 aliphatic rings. The lowest BCUT2D eigenvalue weighted by atomic mass is 10.0. The van der Waals surface area contributed by atoms with Crippen LogP contribution in [0.1, 0.15) is 47.8 Å². The van der Waals surface area contributed by atoms with E-state index in [9.17, 15) is 9.59 Å². The third kappa shape index (κ3) is 5.42. The first-order valence-electron chi connectivity index (χ1n) is 11.6. The van der Waals surface area contributed by atoms with Crippen molar-refractivity contribution in [2.45, 2.75) is 37.8 Å². The number of furan rings is 1. The number of carbonyl (C=O) groups is 2. The topological polar surface area (TPSA) is 90.2 Å². The van der Waals surface area contributed by atoms with E-state index in [-0.39, 0.29) is 17.7 Å². The Kier molecular flexibility index (Phi) is 7.60. The Hall–Kier alpha value is -3.94. The summed E-state index contributed by atoms with van der Waals surface area (Å²) >= 11 is 0. The SMILES string of the molecule is COc1ccc([C@H](C(=O)NC2CCCC2)N(C(=O)c2ccco2)c2cc(OC)cc(OC)c2)cc1. The lowest BCUT2D eigenvalue weighted by Crippen LogP contribution is -2.46. The first-order chi connectivity index (χ1) is 17.0. The van der Waals surface area contributed by atoms with E-state index in [1.54, 1.807) is 61.7 Å². The second-order valence-corrected chi connectivity index (χ2v) is 8.39. The first kappa shape index (κ1) is 24.2. The minimum Gasteiger partial charge on any atom is -0.497 e. The Morgan fingerprint density at radius 1 is 0.914 bits per heavy atom. The second-order valence-electron chi connectivity index (χ2n) is 8.39. The molecular formula is C27H30N2O6. The summed E-state index contributed by atoms with van der Waals surface area (Å²) in [6.45, 7) is 0. The van der Waals surface area contributed by atoms with Crippen LogP contribution in [0.4, 0.5) is 5.69 Å². The molecular weight excluding hydrogens is 448 g/mol. The van der Waals surface area contributed by atoms with Crippen molar-refractivity contribution in [1.82, 2.24) is 5.32 Å². The quantitative estimate of drug-likeness (QED) is 0.477. The first-order valence-corrected chi connectivity index (χ1v) is 11.6. The van der Waals surface area contributed by atoms with Crippen LogP contribution in [0.3, 0.4) is 0 Å². The second kappa shape index (κ2) is 11.0. The van der Waals surface area contributed by atoms with Crippen LogP contribution in [-0.2, 0) is 4.79 Å². The number of anilines is 1. The highest BCUT2D eigenvalue weighted by Crippen LogP contribution is 2.36. The summed E-state index contributed by atoms with van der Waals surface area (Å²) in [4.78, 5) is 29.1.